The van der Waals surface area contributed by atoms with Gasteiger partial charge in [-0.05, 0) is 17.7 Å². The highest BCUT2D eigenvalue weighted by atomic mass is 32.2. The summed E-state index contributed by atoms with van der Waals surface area (Å²) in [6.07, 6.45) is 1.37. The molecule has 1 aromatic carbocycles. The van der Waals surface area contributed by atoms with Crippen LogP contribution in [0.25, 0.3) is 0 Å². The third-order valence-corrected chi connectivity index (χ3v) is 3.75. The fourth-order valence-corrected chi connectivity index (χ4v) is 2.48. The van der Waals surface area contributed by atoms with Gasteiger partial charge in [-0.2, -0.15) is 0 Å². The van der Waals surface area contributed by atoms with Gasteiger partial charge in [-0.3, -0.25) is 0 Å². The number of hydrogen-bond acceptors (Lipinski definition) is 5. The first kappa shape index (κ1) is 13.5. The van der Waals surface area contributed by atoms with Crippen molar-refractivity contribution in [2.75, 3.05) is 18.6 Å². The number of aromatic nitrogens is 1. The first-order valence-electron chi connectivity index (χ1n) is 5.57. The van der Waals surface area contributed by atoms with Gasteiger partial charge in [0.2, 0.25) is 0 Å². The number of nitrogens with two attached hydrogens (primary N) is 2. The Balaban J connectivity index is 2.12. The lowest BCUT2D eigenvalue weighted by Crippen LogP contribution is -2.01. The zero-order valence-electron chi connectivity index (χ0n) is 10.4. The van der Waals surface area contributed by atoms with Crippen molar-refractivity contribution in [3.05, 3.63) is 41.8 Å². The molecule has 2 rings (SSSR count). The summed E-state index contributed by atoms with van der Waals surface area (Å²) in [5.74, 6) is 0.687. The number of thioether (sulfide) groups is 1. The predicted octanol–water partition coefficient (Wildman–Crippen LogP) is 2.69. The van der Waals surface area contributed by atoms with E-state index in [-0.39, 0.29) is 5.82 Å². The van der Waals surface area contributed by atoms with Gasteiger partial charge >= 0.3 is 0 Å². The van der Waals surface area contributed by atoms with E-state index < -0.39 is 5.82 Å². The van der Waals surface area contributed by atoms with Crippen LogP contribution >= 0.6 is 11.8 Å². The molecule has 0 aliphatic heterocycles. The van der Waals surface area contributed by atoms with Crippen molar-refractivity contribution in [2.24, 2.45) is 0 Å². The predicted molar refractivity (Wildman–Crippen MR) is 75.6 cm³/mol. The van der Waals surface area contributed by atoms with E-state index in [0.29, 0.717) is 16.3 Å². The van der Waals surface area contributed by atoms with Gasteiger partial charge in [0.05, 0.1) is 23.9 Å². The molecule has 0 unspecified atom stereocenters. The van der Waals surface area contributed by atoms with Gasteiger partial charge in [-0.1, -0.05) is 12.1 Å². The summed E-state index contributed by atoms with van der Waals surface area (Å²) in [6.45, 7) is 0. The summed E-state index contributed by atoms with van der Waals surface area (Å²) in [5, 5.41) is 0. The zero-order chi connectivity index (χ0) is 13.8. The molecule has 0 fully saturated rings. The molecular formula is C13H14FN3OS. The van der Waals surface area contributed by atoms with E-state index in [1.807, 2.05) is 24.3 Å². The van der Waals surface area contributed by atoms with Gasteiger partial charge in [0.1, 0.15) is 5.75 Å². The lowest BCUT2D eigenvalue weighted by molar-refractivity contribution is 0.414. The highest BCUT2D eigenvalue weighted by molar-refractivity contribution is 7.98. The van der Waals surface area contributed by atoms with E-state index >= 15 is 0 Å². The molecule has 19 heavy (non-hydrogen) atoms. The Hall–Kier alpha value is -1.95. The maximum absolute atomic E-state index is 13.8. The number of ether oxygens (including phenoxy) is 1. The second kappa shape index (κ2) is 5.79. The minimum absolute atomic E-state index is 0.133. The molecule has 0 spiro atoms. The number of methoxy groups -OCH3 is 1. The van der Waals surface area contributed by atoms with Crippen LogP contribution in [0.4, 0.5) is 15.9 Å². The fraction of sp³-hybridized carbons (Fsp3) is 0.154. The SMILES string of the molecule is COc1ccc(CSc2c(N)cnc(N)c2F)cc1. The third kappa shape index (κ3) is 3.08. The van der Waals surface area contributed by atoms with Crippen LogP contribution in [0.15, 0.2) is 35.4 Å². The number of pyridine rings is 1. The Morgan fingerprint density at radius 3 is 2.58 bits per heavy atom. The van der Waals surface area contributed by atoms with Crippen LogP contribution in [0, 0.1) is 5.82 Å². The number of halogens is 1. The van der Waals surface area contributed by atoms with Crippen LogP contribution < -0.4 is 16.2 Å². The Morgan fingerprint density at radius 2 is 1.95 bits per heavy atom. The second-order valence-electron chi connectivity index (χ2n) is 3.88. The molecule has 4 nitrogen and oxygen atoms in total. The average molecular weight is 279 g/mol. The van der Waals surface area contributed by atoms with E-state index in [4.69, 9.17) is 16.2 Å². The van der Waals surface area contributed by atoms with Gasteiger partial charge in [0.25, 0.3) is 0 Å². The topological polar surface area (TPSA) is 74.2 Å². The van der Waals surface area contributed by atoms with Gasteiger partial charge < -0.3 is 16.2 Å². The maximum Gasteiger partial charge on any atom is 0.180 e. The molecule has 0 atom stereocenters. The summed E-state index contributed by atoms with van der Waals surface area (Å²) in [4.78, 5) is 4.00. The molecule has 4 N–H and O–H groups in total. The second-order valence-corrected chi connectivity index (χ2v) is 4.86. The molecule has 1 aromatic heterocycles. The van der Waals surface area contributed by atoms with Crippen LogP contribution in [0.2, 0.25) is 0 Å². The lowest BCUT2D eigenvalue weighted by atomic mass is 10.2. The highest BCUT2D eigenvalue weighted by Crippen LogP contribution is 2.32. The first-order valence-corrected chi connectivity index (χ1v) is 6.55. The van der Waals surface area contributed by atoms with E-state index in [2.05, 4.69) is 4.98 Å². The quantitative estimate of drug-likeness (QED) is 0.842. The van der Waals surface area contributed by atoms with Crippen LogP contribution in [0.5, 0.6) is 5.75 Å². The number of nitrogens with zero attached hydrogens (tertiary/aromatic N) is 1. The van der Waals surface area contributed by atoms with Gasteiger partial charge in [0, 0.05) is 5.75 Å². The third-order valence-electron chi connectivity index (χ3n) is 2.57. The molecule has 6 heteroatoms. The van der Waals surface area contributed by atoms with Crippen LogP contribution in [0.3, 0.4) is 0 Å². The Morgan fingerprint density at radius 1 is 1.26 bits per heavy atom. The van der Waals surface area contributed by atoms with E-state index in [1.165, 1.54) is 18.0 Å². The molecule has 0 bridgehead atoms. The zero-order valence-corrected chi connectivity index (χ0v) is 11.2. The van der Waals surface area contributed by atoms with Crippen LogP contribution in [-0.4, -0.2) is 12.1 Å². The molecule has 100 valence electrons. The summed E-state index contributed by atoms with van der Waals surface area (Å²) >= 11 is 1.29. The monoisotopic (exact) mass is 279 g/mol. The van der Waals surface area contributed by atoms with Crippen molar-refractivity contribution in [1.82, 2.24) is 4.98 Å². The number of anilines is 2. The van der Waals surface area contributed by atoms with E-state index in [1.54, 1.807) is 7.11 Å². The lowest BCUT2D eigenvalue weighted by Gasteiger charge is -2.08. The molecule has 0 amide bonds. The number of nitrogen functional groups attached to an aromatic ring is 2. The number of benzene rings is 1. The van der Waals surface area contributed by atoms with Crippen molar-refractivity contribution in [1.29, 1.82) is 0 Å². The summed E-state index contributed by atoms with van der Waals surface area (Å²) < 4.78 is 18.8. The number of hydrogen-bond donors (Lipinski definition) is 2. The molecule has 0 aliphatic rings. The van der Waals surface area contributed by atoms with Gasteiger partial charge in [-0.15, -0.1) is 11.8 Å². The van der Waals surface area contributed by atoms with Crippen molar-refractivity contribution >= 4 is 23.3 Å². The largest absolute Gasteiger partial charge is 0.497 e. The standard InChI is InChI=1S/C13H14FN3OS/c1-18-9-4-2-8(3-5-9)7-19-12-10(15)6-17-13(16)11(12)14/h2-6H,7,15H2,1H3,(H2,16,17). The average Bonchev–Trinajstić information content (AvgIpc) is 2.44. The Bertz CT molecular complexity index is 575. The van der Waals surface area contributed by atoms with Gasteiger partial charge in [0.15, 0.2) is 11.6 Å². The van der Waals surface area contributed by atoms with Crippen molar-refractivity contribution in [3.8, 4) is 5.75 Å². The van der Waals surface area contributed by atoms with Gasteiger partial charge in [-0.25, -0.2) is 9.37 Å². The molecule has 0 saturated carbocycles. The van der Waals surface area contributed by atoms with E-state index in [9.17, 15) is 4.39 Å². The number of rotatable bonds is 4. The van der Waals surface area contributed by atoms with Crippen molar-refractivity contribution in [2.45, 2.75) is 10.6 Å². The van der Waals surface area contributed by atoms with E-state index in [0.717, 1.165) is 11.3 Å². The summed E-state index contributed by atoms with van der Waals surface area (Å²) in [6, 6.07) is 7.56. The fourth-order valence-electron chi connectivity index (χ4n) is 1.52. The minimum Gasteiger partial charge on any atom is -0.497 e. The molecule has 1 heterocycles. The molecule has 2 aromatic rings. The Labute approximate surface area is 115 Å². The highest BCUT2D eigenvalue weighted by Gasteiger charge is 2.12. The normalized spacial score (nSPS) is 10.4. The van der Waals surface area contributed by atoms with Crippen molar-refractivity contribution in [3.63, 3.8) is 0 Å². The smallest absolute Gasteiger partial charge is 0.180 e. The Kier molecular flexibility index (Phi) is 4.11. The molecule has 0 saturated heterocycles. The van der Waals surface area contributed by atoms with Crippen LogP contribution in [-0.2, 0) is 5.75 Å². The minimum atomic E-state index is -0.557. The first-order chi connectivity index (χ1) is 9.11. The molecular weight excluding hydrogens is 265 g/mol. The summed E-state index contributed by atoms with van der Waals surface area (Å²) in [5.41, 5.74) is 12.5. The van der Waals surface area contributed by atoms with Crippen molar-refractivity contribution < 1.29 is 9.13 Å². The maximum atomic E-state index is 13.8. The molecule has 0 aliphatic carbocycles. The molecule has 0 radical (unpaired) electrons. The summed E-state index contributed by atoms with van der Waals surface area (Å²) in [7, 11) is 1.61. The van der Waals surface area contributed by atoms with Crippen LogP contribution in [0.1, 0.15) is 5.56 Å².